The van der Waals surface area contributed by atoms with Gasteiger partial charge in [-0.05, 0) is 26.0 Å². The summed E-state index contributed by atoms with van der Waals surface area (Å²) < 4.78 is 53.5. The van der Waals surface area contributed by atoms with Gasteiger partial charge in [0.1, 0.15) is 23.6 Å². The first-order chi connectivity index (χ1) is 15.8. The lowest BCUT2D eigenvalue weighted by atomic mass is 10.2. The smallest absolute Gasteiger partial charge is 0.264 e. The number of ether oxygens (including phenoxy) is 2. The average Bonchev–Trinajstić information content (AvgIpc) is 3.06. The number of aromatic nitrogens is 3. The average molecular weight is 494 g/mol. The Morgan fingerprint density at radius 1 is 1.24 bits per heavy atom. The van der Waals surface area contributed by atoms with Crippen molar-refractivity contribution in [2.45, 2.75) is 32.3 Å². The fourth-order valence-corrected chi connectivity index (χ4v) is 4.26. The lowest BCUT2D eigenvalue weighted by Crippen LogP contribution is -2.31. The lowest BCUT2D eigenvalue weighted by molar-refractivity contribution is -0.139. The number of aryl methyl sites for hydroxylation is 1. The summed E-state index contributed by atoms with van der Waals surface area (Å²) in [6.07, 6.45) is 1.91. The van der Waals surface area contributed by atoms with Crippen LogP contribution in [0.15, 0.2) is 40.2 Å². The van der Waals surface area contributed by atoms with Gasteiger partial charge >= 0.3 is 0 Å². The van der Waals surface area contributed by atoms with Crippen molar-refractivity contribution in [1.29, 1.82) is 0 Å². The first-order valence-electron chi connectivity index (χ1n) is 10.3. The van der Waals surface area contributed by atoms with Crippen molar-refractivity contribution in [3.8, 4) is 0 Å². The van der Waals surface area contributed by atoms with Crippen molar-refractivity contribution >= 4 is 38.1 Å². The van der Waals surface area contributed by atoms with Gasteiger partial charge in [0.05, 0.1) is 36.5 Å². The van der Waals surface area contributed by atoms with Gasteiger partial charge in [0.25, 0.3) is 11.1 Å². The van der Waals surface area contributed by atoms with Gasteiger partial charge in [0.2, 0.25) is 10.0 Å². The molecule has 34 heavy (non-hydrogen) atoms. The van der Waals surface area contributed by atoms with Gasteiger partial charge in [-0.3, -0.25) is 23.4 Å². The van der Waals surface area contributed by atoms with Gasteiger partial charge in [-0.1, -0.05) is 0 Å². The summed E-state index contributed by atoms with van der Waals surface area (Å²) in [6, 6.07) is 4.82. The van der Waals surface area contributed by atoms with Crippen molar-refractivity contribution in [1.82, 2.24) is 14.1 Å². The molecule has 1 aliphatic heterocycles. The van der Waals surface area contributed by atoms with Gasteiger partial charge in [-0.2, -0.15) is 0 Å². The number of nitrogens with one attached hydrogen (secondary N) is 2. The molecule has 4 rings (SSSR count). The Bertz CT molecular complexity index is 1500. The molecule has 11 nitrogen and oxygen atoms in total. The molecule has 2 aromatic heterocycles. The molecule has 1 fully saturated rings. The Balaban J connectivity index is 1.74. The highest BCUT2D eigenvalue weighted by atomic mass is 32.2. The van der Waals surface area contributed by atoms with Crippen molar-refractivity contribution < 1.29 is 22.3 Å². The topological polar surface area (TPSA) is 134 Å². The standard InChI is InChI=1S/C21H24FN5O6S/c1-21(2)32-10-13(33-21)9-27-11-23-19-18(20(27)29)16(8-17(28)26(19)3)24-15-6-5-12(7-14(15)22)25-34(4,30)31/h5-8,11,13,24-25H,9-10H2,1-4H3/t13-/m1/s1. The van der Waals surface area contributed by atoms with Gasteiger partial charge in [-0.25, -0.2) is 17.8 Å². The molecule has 0 saturated carbocycles. The maximum atomic E-state index is 14.7. The number of hydrogen-bond acceptors (Lipinski definition) is 8. The Hall–Kier alpha value is -3.29. The molecule has 3 aromatic rings. The highest BCUT2D eigenvalue weighted by molar-refractivity contribution is 7.92. The Labute approximate surface area is 194 Å². The Morgan fingerprint density at radius 2 is 1.97 bits per heavy atom. The maximum absolute atomic E-state index is 14.7. The van der Waals surface area contributed by atoms with Crippen molar-refractivity contribution in [3.63, 3.8) is 0 Å². The third kappa shape index (κ3) is 4.95. The normalized spacial score (nSPS) is 17.7. The predicted octanol–water partition coefficient (Wildman–Crippen LogP) is 1.50. The van der Waals surface area contributed by atoms with Crippen LogP contribution in [0.2, 0.25) is 0 Å². The van der Waals surface area contributed by atoms with Gasteiger partial charge in [0, 0.05) is 19.2 Å². The van der Waals surface area contributed by atoms with Crippen LogP contribution in [0.5, 0.6) is 0 Å². The molecule has 0 aliphatic carbocycles. The number of hydrogen-bond donors (Lipinski definition) is 2. The second-order valence-corrected chi connectivity index (χ2v) is 10.2. The molecule has 13 heteroatoms. The zero-order valence-electron chi connectivity index (χ0n) is 19.0. The lowest BCUT2D eigenvalue weighted by Gasteiger charge is -2.18. The molecular weight excluding hydrogens is 469 g/mol. The van der Waals surface area contributed by atoms with Crippen molar-refractivity contribution in [2.75, 3.05) is 22.9 Å². The number of nitrogens with zero attached hydrogens (tertiary/aromatic N) is 3. The van der Waals surface area contributed by atoms with E-state index in [2.05, 4.69) is 15.0 Å². The highest BCUT2D eigenvalue weighted by Gasteiger charge is 2.33. The van der Waals surface area contributed by atoms with Crippen LogP contribution >= 0.6 is 0 Å². The van der Waals surface area contributed by atoms with Crippen LogP contribution in [0.3, 0.4) is 0 Å². The molecule has 0 radical (unpaired) electrons. The Kier molecular flexibility index (Phi) is 5.96. The van der Waals surface area contributed by atoms with Gasteiger partial charge in [0.15, 0.2) is 11.4 Å². The van der Waals surface area contributed by atoms with Crippen LogP contribution in [-0.4, -0.2) is 47.3 Å². The molecule has 2 N–H and O–H groups in total. The highest BCUT2D eigenvalue weighted by Crippen LogP contribution is 2.26. The van der Waals surface area contributed by atoms with Crippen LogP contribution in [-0.2, 0) is 33.1 Å². The number of anilines is 3. The molecule has 0 unspecified atom stereocenters. The minimum Gasteiger partial charge on any atom is -0.352 e. The van der Waals surface area contributed by atoms with E-state index in [1.54, 1.807) is 13.8 Å². The predicted molar refractivity (Wildman–Crippen MR) is 124 cm³/mol. The van der Waals surface area contributed by atoms with E-state index >= 15 is 0 Å². The number of benzene rings is 1. The molecule has 0 spiro atoms. The third-order valence-corrected chi connectivity index (χ3v) is 5.82. The number of halogens is 1. The zero-order chi connectivity index (χ0) is 24.8. The maximum Gasteiger partial charge on any atom is 0.264 e. The molecule has 182 valence electrons. The first kappa shape index (κ1) is 23.9. The fraction of sp³-hybridized carbons (Fsp3) is 0.381. The summed E-state index contributed by atoms with van der Waals surface area (Å²) in [6.45, 7) is 4.03. The molecule has 3 heterocycles. The molecule has 1 atom stereocenters. The van der Waals surface area contributed by atoms with Crippen molar-refractivity contribution in [3.05, 3.63) is 57.1 Å². The van der Waals surface area contributed by atoms with Gasteiger partial charge < -0.3 is 14.8 Å². The molecular formula is C21H24FN5O6S. The van der Waals surface area contributed by atoms with E-state index in [0.29, 0.717) is 6.61 Å². The number of rotatable bonds is 6. The largest absolute Gasteiger partial charge is 0.352 e. The fourth-order valence-electron chi connectivity index (χ4n) is 3.71. The van der Waals surface area contributed by atoms with Crippen LogP contribution in [0, 0.1) is 5.82 Å². The van der Waals surface area contributed by atoms with E-state index in [1.165, 1.54) is 40.7 Å². The molecule has 0 bridgehead atoms. The molecule has 1 aliphatic rings. The summed E-state index contributed by atoms with van der Waals surface area (Å²) in [5.41, 5.74) is -0.743. The quantitative estimate of drug-likeness (QED) is 0.528. The molecule has 0 amide bonds. The summed E-state index contributed by atoms with van der Waals surface area (Å²) in [7, 11) is -2.11. The zero-order valence-corrected chi connectivity index (χ0v) is 19.8. The van der Waals surface area contributed by atoms with E-state index in [4.69, 9.17) is 9.47 Å². The monoisotopic (exact) mass is 493 g/mol. The second-order valence-electron chi connectivity index (χ2n) is 8.50. The van der Waals surface area contributed by atoms with Crippen LogP contribution in [0.1, 0.15) is 13.8 Å². The number of fused-ring (bicyclic) bond motifs is 1. The van der Waals surface area contributed by atoms with Crippen LogP contribution in [0.4, 0.5) is 21.5 Å². The summed E-state index contributed by atoms with van der Waals surface area (Å²) >= 11 is 0. The van der Waals surface area contributed by atoms with E-state index < -0.39 is 32.7 Å². The third-order valence-electron chi connectivity index (χ3n) is 5.21. The van der Waals surface area contributed by atoms with E-state index in [-0.39, 0.29) is 40.7 Å². The van der Waals surface area contributed by atoms with E-state index in [1.807, 2.05) is 0 Å². The number of pyridine rings is 1. The van der Waals surface area contributed by atoms with Crippen molar-refractivity contribution in [2.24, 2.45) is 7.05 Å². The van der Waals surface area contributed by atoms with E-state index in [0.717, 1.165) is 12.3 Å². The van der Waals surface area contributed by atoms with Crippen LogP contribution in [0.25, 0.3) is 11.0 Å². The summed E-state index contributed by atoms with van der Waals surface area (Å²) in [4.78, 5) is 30.1. The van der Waals surface area contributed by atoms with Gasteiger partial charge in [-0.15, -0.1) is 0 Å². The SMILES string of the molecule is Cn1c(=O)cc(Nc2ccc(NS(C)(=O)=O)cc2F)c2c(=O)n(C[C@@H]3COC(C)(C)O3)cnc21. The molecule has 1 aromatic carbocycles. The van der Waals surface area contributed by atoms with Crippen LogP contribution < -0.4 is 21.2 Å². The van der Waals surface area contributed by atoms with E-state index in [9.17, 15) is 22.4 Å². The first-order valence-corrected chi connectivity index (χ1v) is 12.2. The summed E-state index contributed by atoms with van der Waals surface area (Å²) in [5, 5.41) is 2.86. The Morgan fingerprint density at radius 3 is 2.59 bits per heavy atom. The summed E-state index contributed by atoms with van der Waals surface area (Å²) in [5.74, 6) is -1.55. The minimum absolute atomic E-state index is 0.0325. The number of sulfonamides is 1. The molecule has 1 saturated heterocycles. The minimum atomic E-state index is -3.59. The second kappa shape index (κ2) is 8.49.